The molecule has 5 nitrogen and oxygen atoms in total. The Bertz CT molecular complexity index is 552. The second kappa shape index (κ2) is 6.23. The maximum atomic E-state index is 12.0. The van der Waals surface area contributed by atoms with Gasteiger partial charge in [0, 0.05) is 24.7 Å². The molecule has 2 amide bonds. The molecule has 5 heteroatoms. The van der Waals surface area contributed by atoms with E-state index < -0.39 is 0 Å². The van der Waals surface area contributed by atoms with Crippen molar-refractivity contribution in [2.24, 2.45) is 0 Å². The fraction of sp³-hybridized carbons (Fsp3) is 0.333. The van der Waals surface area contributed by atoms with Crippen molar-refractivity contribution in [2.75, 3.05) is 26.7 Å². The quantitative estimate of drug-likeness (QED) is 0.836. The van der Waals surface area contributed by atoms with Gasteiger partial charge in [0.2, 0.25) is 11.8 Å². The lowest BCUT2D eigenvalue weighted by atomic mass is 10.1. The minimum Gasteiger partial charge on any atom is -0.496 e. The Balaban J connectivity index is 2.10. The molecule has 1 aliphatic heterocycles. The summed E-state index contributed by atoms with van der Waals surface area (Å²) in [5.41, 5.74) is 1.94. The number of rotatable bonds is 3. The highest BCUT2D eigenvalue weighted by atomic mass is 16.5. The Morgan fingerprint density at radius 2 is 2.25 bits per heavy atom. The number of hydrogen-bond acceptors (Lipinski definition) is 3. The topological polar surface area (TPSA) is 58.6 Å². The summed E-state index contributed by atoms with van der Waals surface area (Å²) < 4.78 is 5.25. The molecule has 0 aliphatic carbocycles. The molecule has 0 radical (unpaired) electrons. The van der Waals surface area contributed by atoms with Gasteiger partial charge in [-0.25, -0.2) is 0 Å². The van der Waals surface area contributed by atoms with Gasteiger partial charge in [-0.15, -0.1) is 0 Å². The van der Waals surface area contributed by atoms with Crippen molar-refractivity contribution < 1.29 is 14.3 Å². The summed E-state index contributed by atoms with van der Waals surface area (Å²) >= 11 is 0. The van der Waals surface area contributed by atoms with Gasteiger partial charge in [0.1, 0.15) is 5.75 Å². The van der Waals surface area contributed by atoms with Crippen molar-refractivity contribution in [3.05, 3.63) is 35.4 Å². The number of piperazine rings is 1. The van der Waals surface area contributed by atoms with E-state index >= 15 is 0 Å². The second-order valence-corrected chi connectivity index (χ2v) is 4.69. The third-order valence-corrected chi connectivity index (χ3v) is 3.14. The van der Waals surface area contributed by atoms with E-state index in [1.54, 1.807) is 13.2 Å². The summed E-state index contributed by atoms with van der Waals surface area (Å²) in [6.45, 7) is 3.15. The van der Waals surface area contributed by atoms with Crippen LogP contribution in [0.1, 0.15) is 11.1 Å². The average molecular weight is 274 g/mol. The predicted octanol–water partition coefficient (Wildman–Crippen LogP) is 0.975. The largest absolute Gasteiger partial charge is 0.496 e. The van der Waals surface area contributed by atoms with Crippen LogP contribution in [0.5, 0.6) is 5.75 Å². The van der Waals surface area contributed by atoms with Gasteiger partial charge in [-0.2, -0.15) is 0 Å². The SMILES string of the molecule is COc1ccc(C)cc1/C=C\C(=O)N1CCNC(=O)C1. The zero-order valence-electron chi connectivity index (χ0n) is 11.7. The highest BCUT2D eigenvalue weighted by Crippen LogP contribution is 2.21. The Labute approximate surface area is 118 Å². The standard InChI is InChI=1S/C15H18N2O3/c1-11-3-5-13(20-2)12(9-11)4-6-15(19)17-8-7-16-14(18)10-17/h3-6,9H,7-8,10H2,1-2H3,(H,16,18)/b6-4-. The highest BCUT2D eigenvalue weighted by Gasteiger charge is 2.19. The third-order valence-electron chi connectivity index (χ3n) is 3.14. The van der Waals surface area contributed by atoms with E-state index in [1.807, 2.05) is 25.1 Å². The zero-order chi connectivity index (χ0) is 14.5. The summed E-state index contributed by atoms with van der Waals surface area (Å²) in [5.74, 6) is 0.436. The Morgan fingerprint density at radius 3 is 2.95 bits per heavy atom. The van der Waals surface area contributed by atoms with Crippen LogP contribution in [0.3, 0.4) is 0 Å². The van der Waals surface area contributed by atoms with Gasteiger partial charge in [-0.1, -0.05) is 11.6 Å². The fourth-order valence-corrected chi connectivity index (χ4v) is 2.08. The molecule has 106 valence electrons. The molecule has 2 rings (SSSR count). The number of amides is 2. The van der Waals surface area contributed by atoms with Crippen LogP contribution in [-0.2, 0) is 9.59 Å². The van der Waals surface area contributed by atoms with Gasteiger partial charge in [-0.05, 0) is 25.1 Å². The second-order valence-electron chi connectivity index (χ2n) is 4.69. The molecule has 0 spiro atoms. The molecule has 0 saturated carbocycles. The monoisotopic (exact) mass is 274 g/mol. The number of ether oxygens (including phenoxy) is 1. The minimum absolute atomic E-state index is 0.119. The number of nitrogens with zero attached hydrogens (tertiary/aromatic N) is 1. The van der Waals surface area contributed by atoms with Crippen molar-refractivity contribution in [1.82, 2.24) is 10.2 Å². The number of aryl methyl sites for hydroxylation is 1. The van der Waals surface area contributed by atoms with Crippen molar-refractivity contribution in [1.29, 1.82) is 0 Å². The Hall–Kier alpha value is -2.30. The van der Waals surface area contributed by atoms with Crippen LogP contribution in [0.15, 0.2) is 24.3 Å². The maximum Gasteiger partial charge on any atom is 0.247 e. The lowest BCUT2D eigenvalue weighted by Gasteiger charge is -2.25. The van der Waals surface area contributed by atoms with Gasteiger partial charge >= 0.3 is 0 Å². The van der Waals surface area contributed by atoms with E-state index in [0.29, 0.717) is 13.1 Å². The molecular formula is C15H18N2O3. The minimum atomic E-state index is -0.164. The van der Waals surface area contributed by atoms with E-state index in [0.717, 1.165) is 16.9 Å². The molecular weight excluding hydrogens is 256 g/mol. The first-order valence-corrected chi connectivity index (χ1v) is 6.48. The van der Waals surface area contributed by atoms with Crippen LogP contribution >= 0.6 is 0 Å². The van der Waals surface area contributed by atoms with E-state index in [1.165, 1.54) is 11.0 Å². The van der Waals surface area contributed by atoms with Gasteiger partial charge in [-0.3, -0.25) is 9.59 Å². The summed E-state index contributed by atoms with van der Waals surface area (Å²) in [5, 5.41) is 2.69. The van der Waals surface area contributed by atoms with Crippen LogP contribution in [0.4, 0.5) is 0 Å². The van der Waals surface area contributed by atoms with E-state index in [4.69, 9.17) is 4.74 Å². The third kappa shape index (κ3) is 3.38. The summed E-state index contributed by atoms with van der Waals surface area (Å²) in [4.78, 5) is 24.8. The number of hydrogen-bond donors (Lipinski definition) is 1. The van der Waals surface area contributed by atoms with Crippen LogP contribution in [0.2, 0.25) is 0 Å². The molecule has 0 aromatic heterocycles. The fourth-order valence-electron chi connectivity index (χ4n) is 2.08. The van der Waals surface area contributed by atoms with E-state index in [2.05, 4.69) is 5.32 Å². The lowest BCUT2D eigenvalue weighted by molar-refractivity contribution is -0.134. The molecule has 20 heavy (non-hydrogen) atoms. The first kappa shape index (κ1) is 14.1. The molecule has 0 atom stereocenters. The lowest BCUT2D eigenvalue weighted by Crippen LogP contribution is -2.49. The number of benzene rings is 1. The van der Waals surface area contributed by atoms with Crippen LogP contribution in [0, 0.1) is 6.92 Å². The number of carbonyl (C=O) groups is 2. The van der Waals surface area contributed by atoms with Crippen molar-refractivity contribution in [3.8, 4) is 5.75 Å². The first-order chi connectivity index (χ1) is 9.60. The number of methoxy groups -OCH3 is 1. The molecule has 1 heterocycles. The Kier molecular flexibility index (Phi) is 4.40. The molecule has 1 aliphatic rings. The molecule has 0 unspecified atom stereocenters. The van der Waals surface area contributed by atoms with Crippen LogP contribution in [-0.4, -0.2) is 43.5 Å². The summed E-state index contributed by atoms with van der Waals surface area (Å²) in [7, 11) is 1.60. The van der Waals surface area contributed by atoms with Gasteiger partial charge in [0.15, 0.2) is 0 Å². The molecule has 0 bridgehead atoms. The smallest absolute Gasteiger partial charge is 0.247 e. The first-order valence-electron chi connectivity index (χ1n) is 6.48. The zero-order valence-corrected chi connectivity index (χ0v) is 11.7. The normalized spacial score (nSPS) is 15.3. The summed E-state index contributed by atoms with van der Waals surface area (Å²) in [6, 6.07) is 5.77. The van der Waals surface area contributed by atoms with E-state index in [9.17, 15) is 9.59 Å². The molecule has 1 N–H and O–H groups in total. The van der Waals surface area contributed by atoms with E-state index in [-0.39, 0.29) is 18.4 Å². The van der Waals surface area contributed by atoms with Crippen LogP contribution in [0.25, 0.3) is 6.08 Å². The highest BCUT2D eigenvalue weighted by molar-refractivity contribution is 5.95. The average Bonchev–Trinajstić information content (AvgIpc) is 2.45. The van der Waals surface area contributed by atoms with Gasteiger partial charge < -0.3 is 15.0 Å². The number of nitrogens with one attached hydrogen (secondary N) is 1. The predicted molar refractivity (Wildman–Crippen MR) is 76.4 cm³/mol. The van der Waals surface area contributed by atoms with Crippen LogP contribution < -0.4 is 10.1 Å². The summed E-state index contributed by atoms with van der Waals surface area (Å²) in [6.07, 6.45) is 3.20. The molecule has 1 aromatic carbocycles. The molecule has 1 saturated heterocycles. The van der Waals surface area contributed by atoms with Crippen molar-refractivity contribution >= 4 is 17.9 Å². The Morgan fingerprint density at radius 1 is 1.45 bits per heavy atom. The number of carbonyl (C=O) groups excluding carboxylic acids is 2. The molecule has 1 aromatic rings. The maximum absolute atomic E-state index is 12.0. The van der Waals surface area contributed by atoms with Gasteiger partial charge in [0.05, 0.1) is 13.7 Å². The van der Waals surface area contributed by atoms with Crippen molar-refractivity contribution in [2.45, 2.75) is 6.92 Å². The van der Waals surface area contributed by atoms with Gasteiger partial charge in [0.25, 0.3) is 0 Å². The molecule has 1 fully saturated rings. The van der Waals surface area contributed by atoms with Crippen molar-refractivity contribution in [3.63, 3.8) is 0 Å².